The van der Waals surface area contributed by atoms with Gasteiger partial charge >= 0.3 is 0 Å². The van der Waals surface area contributed by atoms with Crippen molar-refractivity contribution in [3.63, 3.8) is 0 Å². The highest BCUT2D eigenvalue weighted by Gasteiger charge is 2.34. The fourth-order valence-electron chi connectivity index (χ4n) is 2.35. The summed E-state index contributed by atoms with van der Waals surface area (Å²) in [6, 6.07) is 1.16. The lowest BCUT2D eigenvalue weighted by molar-refractivity contribution is 0.163. The van der Waals surface area contributed by atoms with E-state index in [2.05, 4.69) is 32.6 Å². The SMILES string of the molecule is CC(C)C1CC(CF)CN1C(C)C. The van der Waals surface area contributed by atoms with Crippen molar-refractivity contribution >= 4 is 0 Å². The summed E-state index contributed by atoms with van der Waals surface area (Å²) in [6.07, 6.45) is 1.05. The van der Waals surface area contributed by atoms with E-state index in [0.717, 1.165) is 13.0 Å². The van der Waals surface area contributed by atoms with Gasteiger partial charge in [-0.2, -0.15) is 0 Å². The first-order valence-electron chi connectivity index (χ1n) is 5.38. The summed E-state index contributed by atoms with van der Waals surface area (Å²) in [6.45, 7) is 9.69. The van der Waals surface area contributed by atoms with Crippen molar-refractivity contribution in [2.45, 2.75) is 46.2 Å². The fraction of sp³-hybridized carbons (Fsp3) is 1.00. The van der Waals surface area contributed by atoms with Gasteiger partial charge in [0.15, 0.2) is 0 Å². The Morgan fingerprint density at radius 1 is 1.31 bits per heavy atom. The van der Waals surface area contributed by atoms with Gasteiger partial charge in [0.2, 0.25) is 0 Å². The molecule has 1 saturated heterocycles. The normalized spacial score (nSPS) is 30.7. The molecule has 2 heteroatoms. The van der Waals surface area contributed by atoms with Crippen LogP contribution in [0.3, 0.4) is 0 Å². The van der Waals surface area contributed by atoms with E-state index in [1.54, 1.807) is 0 Å². The van der Waals surface area contributed by atoms with Crippen molar-refractivity contribution < 1.29 is 4.39 Å². The Labute approximate surface area is 81.3 Å². The van der Waals surface area contributed by atoms with Crippen molar-refractivity contribution in [1.82, 2.24) is 4.90 Å². The van der Waals surface area contributed by atoms with Crippen LogP contribution in [0, 0.1) is 11.8 Å². The van der Waals surface area contributed by atoms with Crippen LogP contribution >= 0.6 is 0 Å². The van der Waals surface area contributed by atoms with Gasteiger partial charge in [-0.15, -0.1) is 0 Å². The molecule has 0 aromatic rings. The Bertz CT molecular complexity index is 140. The lowest BCUT2D eigenvalue weighted by Crippen LogP contribution is -2.38. The van der Waals surface area contributed by atoms with Crippen LogP contribution in [0.15, 0.2) is 0 Å². The molecule has 2 atom stereocenters. The molecule has 1 heterocycles. The summed E-state index contributed by atoms with van der Waals surface area (Å²) in [5, 5.41) is 0. The quantitative estimate of drug-likeness (QED) is 0.656. The summed E-state index contributed by atoms with van der Waals surface area (Å²) in [5.74, 6) is 0.939. The monoisotopic (exact) mass is 187 g/mol. The Hall–Kier alpha value is -0.110. The van der Waals surface area contributed by atoms with Crippen LogP contribution in [-0.2, 0) is 0 Å². The maximum absolute atomic E-state index is 12.5. The van der Waals surface area contributed by atoms with Crippen LogP contribution in [0.4, 0.5) is 4.39 Å². The van der Waals surface area contributed by atoms with E-state index in [4.69, 9.17) is 0 Å². The van der Waals surface area contributed by atoms with Gasteiger partial charge in [0.05, 0.1) is 6.67 Å². The zero-order chi connectivity index (χ0) is 10.0. The van der Waals surface area contributed by atoms with Crippen molar-refractivity contribution in [2.24, 2.45) is 11.8 Å². The summed E-state index contributed by atoms with van der Waals surface area (Å²) < 4.78 is 12.5. The van der Waals surface area contributed by atoms with Crippen LogP contribution in [0.2, 0.25) is 0 Å². The second-order valence-electron chi connectivity index (χ2n) is 4.86. The molecule has 0 aromatic heterocycles. The molecular weight excluding hydrogens is 165 g/mol. The van der Waals surface area contributed by atoms with Crippen LogP contribution in [-0.4, -0.2) is 30.2 Å². The summed E-state index contributed by atoms with van der Waals surface area (Å²) in [4.78, 5) is 2.45. The predicted octanol–water partition coefficient (Wildman–Crippen LogP) is 2.71. The third-order valence-corrected chi connectivity index (χ3v) is 3.12. The van der Waals surface area contributed by atoms with E-state index in [0.29, 0.717) is 18.0 Å². The molecule has 1 fully saturated rings. The highest BCUT2D eigenvalue weighted by molar-refractivity contribution is 4.88. The van der Waals surface area contributed by atoms with Gasteiger partial charge < -0.3 is 0 Å². The number of likely N-dealkylation sites (tertiary alicyclic amines) is 1. The minimum atomic E-state index is -0.146. The molecule has 0 radical (unpaired) electrons. The number of halogens is 1. The van der Waals surface area contributed by atoms with E-state index in [1.165, 1.54) is 0 Å². The topological polar surface area (TPSA) is 3.24 Å². The zero-order valence-corrected chi connectivity index (χ0v) is 9.26. The average Bonchev–Trinajstić information content (AvgIpc) is 2.47. The molecule has 0 bridgehead atoms. The van der Waals surface area contributed by atoms with Crippen LogP contribution in [0.25, 0.3) is 0 Å². The largest absolute Gasteiger partial charge is 0.297 e. The molecule has 1 nitrogen and oxygen atoms in total. The van der Waals surface area contributed by atoms with E-state index in [-0.39, 0.29) is 12.6 Å². The molecule has 0 aliphatic carbocycles. The summed E-state index contributed by atoms with van der Waals surface area (Å²) in [5.41, 5.74) is 0. The molecule has 0 N–H and O–H groups in total. The van der Waals surface area contributed by atoms with Gasteiger partial charge in [-0.05, 0) is 26.2 Å². The van der Waals surface area contributed by atoms with Crippen molar-refractivity contribution in [3.05, 3.63) is 0 Å². The second kappa shape index (κ2) is 4.41. The molecule has 0 amide bonds. The highest BCUT2D eigenvalue weighted by Crippen LogP contribution is 2.30. The third kappa shape index (κ3) is 2.43. The molecule has 1 aliphatic heterocycles. The first-order chi connectivity index (χ1) is 6.06. The van der Waals surface area contributed by atoms with E-state index in [9.17, 15) is 4.39 Å². The van der Waals surface area contributed by atoms with Gasteiger partial charge in [-0.25, -0.2) is 0 Å². The number of hydrogen-bond donors (Lipinski definition) is 0. The highest BCUT2D eigenvalue weighted by atomic mass is 19.1. The molecular formula is C11H22FN. The van der Waals surface area contributed by atoms with Gasteiger partial charge in [0.1, 0.15) is 0 Å². The first kappa shape index (κ1) is 11.0. The standard InChI is InChI=1S/C11H22FN/c1-8(2)11-5-10(6-12)7-13(11)9(3)4/h8-11H,5-7H2,1-4H3. The van der Waals surface area contributed by atoms with Crippen LogP contribution in [0.1, 0.15) is 34.1 Å². The van der Waals surface area contributed by atoms with Gasteiger partial charge in [0, 0.05) is 24.5 Å². The molecule has 0 saturated carbocycles. The molecule has 78 valence electrons. The fourth-order valence-corrected chi connectivity index (χ4v) is 2.35. The lowest BCUT2D eigenvalue weighted by atomic mass is 9.98. The molecule has 0 spiro atoms. The van der Waals surface area contributed by atoms with E-state index in [1.807, 2.05) is 0 Å². The van der Waals surface area contributed by atoms with Gasteiger partial charge in [-0.1, -0.05) is 13.8 Å². The Balaban J connectivity index is 2.60. The zero-order valence-electron chi connectivity index (χ0n) is 9.26. The maximum atomic E-state index is 12.5. The van der Waals surface area contributed by atoms with Crippen molar-refractivity contribution in [1.29, 1.82) is 0 Å². The van der Waals surface area contributed by atoms with Gasteiger partial charge in [0.25, 0.3) is 0 Å². The number of hydrogen-bond acceptors (Lipinski definition) is 1. The van der Waals surface area contributed by atoms with E-state index < -0.39 is 0 Å². The second-order valence-corrected chi connectivity index (χ2v) is 4.86. The van der Waals surface area contributed by atoms with Crippen molar-refractivity contribution in [2.75, 3.05) is 13.2 Å². The number of nitrogens with zero attached hydrogens (tertiary/aromatic N) is 1. The molecule has 1 aliphatic rings. The summed E-state index contributed by atoms with van der Waals surface area (Å²) in [7, 11) is 0. The predicted molar refractivity (Wildman–Crippen MR) is 54.6 cm³/mol. The smallest absolute Gasteiger partial charge is 0.0935 e. The van der Waals surface area contributed by atoms with Crippen LogP contribution in [0.5, 0.6) is 0 Å². The average molecular weight is 187 g/mol. The number of alkyl halides is 1. The number of rotatable bonds is 3. The van der Waals surface area contributed by atoms with E-state index >= 15 is 0 Å². The lowest BCUT2D eigenvalue weighted by Gasteiger charge is -2.30. The molecule has 13 heavy (non-hydrogen) atoms. The molecule has 1 rings (SSSR count). The Kier molecular flexibility index (Phi) is 3.72. The molecule has 0 aromatic carbocycles. The molecule has 2 unspecified atom stereocenters. The Morgan fingerprint density at radius 2 is 1.92 bits per heavy atom. The minimum Gasteiger partial charge on any atom is -0.297 e. The minimum absolute atomic E-state index is 0.146. The van der Waals surface area contributed by atoms with Crippen molar-refractivity contribution in [3.8, 4) is 0 Å². The first-order valence-corrected chi connectivity index (χ1v) is 5.38. The summed E-state index contributed by atoms with van der Waals surface area (Å²) >= 11 is 0. The Morgan fingerprint density at radius 3 is 2.23 bits per heavy atom. The van der Waals surface area contributed by atoms with Gasteiger partial charge in [-0.3, -0.25) is 9.29 Å². The third-order valence-electron chi connectivity index (χ3n) is 3.12. The van der Waals surface area contributed by atoms with Crippen LogP contribution < -0.4 is 0 Å². The maximum Gasteiger partial charge on any atom is 0.0935 e.